The molecule has 716 valence electrons. The number of nitrogens with zero attached hydrogens (tertiary/aromatic N) is 8. The van der Waals surface area contributed by atoms with E-state index < -0.39 is 5.41 Å². The largest absolute Gasteiger partial charge is 0.345 e. The first-order chi connectivity index (χ1) is 72.9. The van der Waals surface area contributed by atoms with Gasteiger partial charge in [-0.15, -0.1) is 0 Å². The van der Waals surface area contributed by atoms with Crippen molar-refractivity contribution in [3.05, 3.63) is 628 Å². The third kappa shape index (κ3) is 20.0. The highest BCUT2D eigenvalue weighted by Gasteiger charge is 2.46. The minimum atomic E-state index is -0.416. The van der Waals surface area contributed by atoms with E-state index >= 15 is 0 Å². The summed E-state index contributed by atoms with van der Waals surface area (Å²) in [4.78, 5) is 18.2. The molecule has 0 fully saturated rings. The number of anilines is 20. The molecule has 2 aliphatic carbocycles. The smallest absolute Gasteiger partial charge is 0.0714 e. The summed E-state index contributed by atoms with van der Waals surface area (Å²) >= 11 is 0. The fourth-order valence-corrected chi connectivity index (χ4v) is 21.0. The fraction of sp³-hybridized carbons (Fsp3) is 0.0571. The molecule has 8 nitrogen and oxygen atoms in total. The van der Waals surface area contributed by atoms with Crippen LogP contribution in [-0.4, -0.2) is 28.2 Å². The summed E-state index contributed by atoms with van der Waals surface area (Å²) in [6.07, 6.45) is 0. The topological polar surface area (TPSA) is 25.9 Å². The predicted molar refractivity (Wildman–Crippen MR) is 628 cm³/mol. The molecule has 0 saturated carbocycles. The zero-order chi connectivity index (χ0) is 101. The van der Waals surface area contributed by atoms with Crippen molar-refractivity contribution in [2.75, 3.05) is 67.4 Å². The number of para-hydroxylation sites is 9. The maximum absolute atomic E-state index is 2.41. The maximum atomic E-state index is 2.41. The Kier molecular flexibility index (Phi) is 28.4. The SMILES string of the molecule is CN(c1ccc(N(c2ccccc2)c2ccccc2)cc1)c1ccc2c(c1)C(C)(C)c1ccccc1-2.CN(c1ccc(N(c2ccccc2)c2ccccc2)cc1)c1ccc2c(c1)C(c1ccccc1)(c1ccccc1)c1ccccc1-2.CN(c1ccc(N(c2ccccc2)c2ccccc2)cc1)c1cccc(-c2ccccc2)c1.CN(c1ccc(N(c2ccccc2)c2ccccc2)cc1)c1ccccc1-c1ccccc1. The summed E-state index contributed by atoms with van der Waals surface area (Å²) in [5.74, 6) is 0. The second kappa shape index (κ2) is 44.0. The van der Waals surface area contributed by atoms with E-state index in [-0.39, 0.29) is 5.41 Å². The molecule has 0 amide bonds. The lowest BCUT2D eigenvalue weighted by molar-refractivity contribution is 0.660. The van der Waals surface area contributed by atoms with Gasteiger partial charge in [0.1, 0.15) is 0 Å². The monoisotopic (exact) mass is 1910 g/mol. The normalized spacial score (nSPS) is 11.8. The van der Waals surface area contributed by atoms with Crippen molar-refractivity contribution in [3.8, 4) is 44.5 Å². The molecule has 2 aliphatic rings. The van der Waals surface area contributed by atoms with E-state index in [2.05, 4.69) is 664 Å². The molecule has 0 heterocycles. The molecule has 0 saturated heterocycles. The Labute approximate surface area is 872 Å². The lowest BCUT2D eigenvalue weighted by atomic mass is 9.67. The van der Waals surface area contributed by atoms with Gasteiger partial charge in [-0.25, -0.2) is 0 Å². The molecule has 0 radical (unpaired) electrons. The van der Waals surface area contributed by atoms with Crippen molar-refractivity contribution in [2.24, 2.45) is 0 Å². The molecule has 0 atom stereocenters. The van der Waals surface area contributed by atoms with Gasteiger partial charge in [-0.05, 0) is 309 Å². The number of hydrogen-bond donors (Lipinski definition) is 0. The molecule has 0 aromatic heterocycles. The van der Waals surface area contributed by atoms with Crippen LogP contribution < -0.4 is 39.2 Å². The van der Waals surface area contributed by atoms with E-state index in [1.165, 1.54) is 89.3 Å². The van der Waals surface area contributed by atoms with Crippen LogP contribution in [0.15, 0.2) is 595 Å². The zero-order valence-corrected chi connectivity index (χ0v) is 84.2. The quantitative estimate of drug-likeness (QED) is 0.0591. The zero-order valence-electron chi connectivity index (χ0n) is 84.2. The molecule has 8 heteroatoms. The second-order valence-corrected chi connectivity index (χ2v) is 37.8. The summed E-state index contributed by atoms with van der Waals surface area (Å²) in [5, 5.41) is 0. The highest BCUT2D eigenvalue weighted by atomic mass is 15.2. The van der Waals surface area contributed by atoms with E-state index in [9.17, 15) is 0 Å². The molecule has 22 aromatic carbocycles. The lowest BCUT2D eigenvalue weighted by Crippen LogP contribution is -2.28. The molecule has 24 rings (SSSR count). The van der Waals surface area contributed by atoms with E-state index in [4.69, 9.17) is 0 Å². The van der Waals surface area contributed by atoms with Crippen LogP contribution in [0.1, 0.15) is 47.2 Å². The van der Waals surface area contributed by atoms with Crippen LogP contribution in [0.3, 0.4) is 0 Å². The van der Waals surface area contributed by atoms with Crippen LogP contribution in [0.2, 0.25) is 0 Å². The van der Waals surface area contributed by atoms with Crippen molar-refractivity contribution in [1.29, 1.82) is 0 Å². The van der Waals surface area contributed by atoms with Gasteiger partial charge in [0.2, 0.25) is 0 Å². The van der Waals surface area contributed by atoms with Crippen molar-refractivity contribution in [1.82, 2.24) is 0 Å². The van der Waals surface area contributed by atoms with Gasteiger partial charge in [0.05, 0.1) is 5.41 Å². The molecule has 0 aliphatic heterocycles. The van der Waals surface area contributed by atoms with Gasteiger partial charge in [-0.1, -0.05) is 372 Å². The summed E-state index contributed by atoms with van der Waals surface area (Å²) < 4.78 is 0. The standard InChI is InChI=1S/C44H34N2.C34H30N2.2C31H26N2/c1-45(35-26-28-38(29-27-35)46(36-20-10-4-11-21-36)37-22-12-5-13-23-37)39-30-31-41-40-24-14-15-25-42(40)44(43(41)32-39,33-16-6-2-7-17-33)34-18-8-3-9-19-34;1-34(2)32-17-11-10-16-30(32)31-23-22-29(24-33(31)34)35(3)25-18-20-28(21-19-25)36(26-12-6-4-7-13-26)27-14-8-5-9-15-27;1-32(31-20-12-11-19-30(31)25-13-5-2-6-14-25)26-21-23-29(24-22-26)33(27-15-7-3-8-16-27)28-17-9-4-10-18-28;1-32(31-19-11-14-26(24-31)25-12-5-2-6-13-25)27-20-22-30(23-21-27)33(28-15-7-3-8-16-28)29-17-9-4-10-18-29/h2-32H,1H3;4-24H,1-3H3;2*2-24H,1H3. The van der Waals surface area contributed by atoms with Crippen LogP contribution in [0.5, 0.6) is 0 Å². The fourth-order valence-electron chi connectivity index (χ4n) is 21.0. The van der Waals surface area contributed by atoms with Crippen molar-refractivity contribution >= 4 is 114 Å². The Morgan fingerprint density at radius 3 is 0.696 bits per heavy atom. The van der Waals surface area contributed by atoms with Gasteiger partial charge in [-0.2, -0.15) is 0 Å². The van der Waals surface area contributed by atoms with Crippen LogP contribution >= 0.6 is 0 Å². The molecule has 0 unspecified atom stereocenters. The van der Waals surface area contributed by atoms with E-state index in [0.29, 0.717) is 0 Å². The number of benzene rings is 22. The number of hydrogen-bond acceptors (Lipinski definition) is 8. The minimum absolute atomic E-state index is 0.00149. The molecule has 22 aromatic rings. The van der Waals surface area contributed by atoms with Crippen LogP contribution in [0.4, 0.5) is 114 Å². The predicted octanol–water partition coefficient (Wildman–Crippen LogP) is 37.7. The molecular formula is C140H116N8. The first-order valence-electron chi connectivity index (χ1n) is 50.8. The van der Waals surface area contributed by atoms with Gasteiger partial charge in [-0.3, -0.25) is 0 Å². The highest BCUT2D eigenvalue weighted by Crippen LogP contribution is 2.58. The van der Waals surface area contributed by atoms with Gasteiger partial charge >= 0.3 is 0 Å². The summed E-state index contributed by atoms with van der Waals surface area (Å²) in [5.41, 5.74) is 40.6. The molecule has 0 spiro atoms. The maximum Gasteiger partial charge on any atom is 0.0714 e. The number of rotatable bonds is 24. The average molecular weight is 1910 g/mol. The van der Waals surface area contributed by atoms with E-state index in [0.717, 1.165) is 102 Å². The molecular weight excluding hydrogens is 1790 g/mol. The third-order valence-electron chi connectivity index (χ3n) is 28.6. The third-order valence-corrected chi connectivity index (χ3v) is 28.6. The summed E-state index contributed by atoms with van der Waals surface area (Å²) in [6, 6.07) is 211. The second-order valence-electron chi connectivity index (χ2n) is 37.8. The molecule has 148 heavy (non-hydrogen) atoms. The highest BCUT2D eigenvalue weighted by molar-refractivity contribution is 5.92. The first-order valence-corrected chi connectivity index (χ1v) is 50.8. The van der Waals surface area contributed by atoms with Gasteiger partial charge < -0.3 is 39.2 Å². The van der Waals surface area contributed by atoms with Crippen molar-refractivity contribution in [2.45, 2.75) is 24.7 Å². The Balaban J connectivity index is 0.000000117. The average Bonchev–Trinajstić information content (AvgIpc) is 1.53. The summed E-state index contributed by atoms with van der Waals surface area (Å²) in [6.45, 7) is 4.66. The summed E-state index contributed by atoms with van der Waals surface area (Å²) in [7, 11) is 8.56. The minimum Gasteiger partial charge on any atom is -0.345 e. The van der Waals surface area contributed by atoms with Crippen molar-refractivity contribution < 1.29 is 0 Å². The molecule has 0 N–H and O–H groups in total. The van der Waals surface area contributed by atoms with Crippen LogP contribution in [0, 0.1) is 0 Å². The first kappa shape index (κ1) is 95.4. The lowest BCUT2D eigenvalue weighted by Gasteiger charge is -2.34. The Hall–Kier alpha value is -18.8. The van der Waals surface area contributed by atoms with Gasteiger partial charge in [0.15, 0.2) is 0 Å². The Bertz CT molecular complexity index is 7910. The van der Waals surface area contributed by atoms with Crippen molar-refractivity contribution in [3.63, 3.8) is 0 Å². The van der Waals surface area contributed by atoms with Gasteiger partial charge in [0.25, 0.3) is 0 Å². The molecule has 0 bridgehead atoms. The van der Waals surface area contributed by atoms with E-state index in [1.54, 1.807) is 0 Å². The van der Waals surface area contributed by atoms with Crippen LogP contribution in [0.25, 0.3) is 44.5 Å². The van der Waals surface area contributed by atoms with E-state index in [1.807, 2.05) is 12.1 Å². The Morgan fingerprint density at radius 2 is 0.351 bits per heavy atom. The Morgan fingerprint density at radius 1 is 0.135 bits per heavy atom. The van der Waals surface area contributed by atoms with Crippen LogP contribution in [-0.2, 0) is 10.8 Å². The van der Waals surface area contributed by atoms with Gasteiger partial charge in [0, 0.05) is 153 Å². The number of fused-ring (bicyclic) bond motifs is 6.